The lowest BCUT2D eigenvalue weighted by Crippen LogP contribution is -2.40. The number of hydrogen-bond donors (Lipinski definition) is 0. The molecule has 36 heavy (non-hydrogen) atoms. The summed E-state index contributed by atoms with van der Waals surface area (Å²) in [5, 5.41) is 0. The smallest absolute Gasteiger partial charge is 0.187 e. The van der Waals surface area contributed by atoms with E-state index in [1.165, 1.54) is 12.2 Å². The van der Waals surface area contributed by atoms with Gasteiger partial charge in [0, 0.05) is 0 Å². The molecule has 0 aliphatic carbocycles. The van der Waals surface area contributed by atoms with Crippen molar-refractivity contribution in [3.8, 4) is 0 Å². The van der Waals surface area contributed by atoms with Crippen LogP contribution in [0.3, 0.4) is 0 Å². The van der Waals surface area contributed by atoms with Crippen molar-refractivity contribution >= 4 is 12.1 Å². The van der Waals surface area contributed by atoms with Crippen LogP contribution in [0.1, 0.15) is 16.7 Å². The minimum Gasteiger partial charge on any atom is -0.374 e. The Morgan fingerprint density at radius 3 is 1.75 bits per heavy atom. The molecule has 4 rings (SSSR count). The van der Waals surface area contributed by atoms with Crippen molar-refractivity contribution in [3.63, 3.8) is 0 Å². The lowest BCUT2D eigenvalue weighted by molar-refractivity contribution is -0.132. The van der Waals surface area contributed by atoms with Gasteiger partial charge in [-0.25, -0.2) is 0 Å². The third-order valence-electron chi connectivity index (χ3n) is 5.89. The molecule has 0 radical (unpaired) electrons. The molecule has 3 aromatic rings. The van der Waals surface area contributed by atoms with Gasteiger partial charge in [-0.15, -0.1) is 0 Å². The Labute approximate surface area is 211 Å². The number of benzene rings is 3. The summed E-state index contributed by atoms with van der Waals surface area (Å²) >= 11 is 0. The second kappa shape index (κ2) is 13.6. The molecule has 0 amide bonds. The number of carbonyl (C=O) groups is 2. The van der Waals surface area contributed by atoms with E-state index in [4.69, 9.17) is 18.9 Å². The number of ketones is 1. The molecule has 1 heterocycles. The predicted molar refractivity (Wildman–Crippen MR) is 135 cm³/mol. The van der Waals surface area contributed by atoms with Gasteiger partial charge in [-0.3, -0.25) is 9.59 Å². The molecule has 0 saturated carbocycles. The van der Waals surface area contributed by atoms with E-state index in [1.807, 2.05) is 91.0 Å². The molecule has 1 saturated heterocycles. The Morgan fingerprint density at radius 2 is 1.22 bits per heavy atom. The Kier molecular flexibility index (Phi) is 9.70. The van der Waals surface area contributed by atoms with Crippen LogP contribution in [0, 0.1) is 0 Å². The van der Waals surface area contributed by atoms with Crippen LogP contribution in [0.25, 0.3) is 0 Å². The molecule has 1 aliphatic rings. The number of aldehydes is 1. The number of allylic oxidation sites excluding steroid dienone is 1. The number of ether oxygens (including phenoxy) is 4. The van der Waals surface area contributed by atoms with Crippen LogP contribution in [-0.2, 0) is 48.4 Å². The minimum absolute atomic E-state index is 0.223. The molecule has 4 atom stereocenters. The summed E-state index contributed by atoms with van der Waals surface area (Å²) in [6.07, 6.45) is 0.271. The second-order valence-electron chi connectivity index (χ2n) is 8.52. The van der Waals surface area contributed by atoms with E-state index in [9.17, 15) is 9.59 Å². The summed E-state index contributed by atoms with van der Waals surface area (Å²) < 4.78 is 24.7. The maximum Gasteiger partial charge on any atom is 0.187 e. The summed E-state index contributed by atoms with van der Waals surface area (Å²) in [5.74, 6) is -0.348. The average molecular weight is 487 g/mol. The first-order valence-electron chi connectivity index (χ1n) is 12.0. The molecular weight excluding hydrogens is 456 g/mol. The van der Waals surface area contributed by atoms with E-state index in [2.05, 4.69) is 0 Å². The van der Waals surface area contributed by atoms with E-state index in [0.717, 1.165) is 16.7 Å². The Bertz CT molecular complexity index is 1100. The summed E-state index contributed by atoms with van der Waals surface area (Å²) in [7, 11) is 0. The number of carbonyl (C=O) groups excluding carboxylic acids is 2. The van der Waals surface area contributed by atoms with Gasteiger partial charge in [-0.2, -0.15) is 0 Å². The van der Waals surface area contributed by atoms with E-state index in [-0.39, 0.29) is 12.4 Å². The summed E-state index contributed by atoms with van der Waals surface area (Å²) in [6.45, 7) is 1.26. The van der Waals surface area contributed by atoms with Crippen LogP contribution < -0.4 is 0 Å². The second-order valence-corrected chi connectivity index (χ2v) is 8.52. The monoisotopic (exact) mass is 486 g/mol. The van der Waals surface area contributed by atoms with E-state index in [0.29, 0.717) is 26.1 Å². The molecule has 0 bridgehead atoms. The molecular formula is C30H30O6. The van der Waals surface area contributed by atoms with Crippen molar-refractivity contribution in [3.05, 3.63) is 120 Å². The van der Waals surface area contributed by atoms with Gasteiger partial charge >= 0.3 is 0 Å². The third-order valence-corrected chi connectivity index (χ3v) is 5.89. The zero-order chi connectivity index (χ0) is 25.0. The highest BCUT2D eigenvalue weighted by atomic mass is 16.6. The fraction of sp³-hybridized carbons (Fsp3) is 0.267. The SMILES string of the molecule is O=C/C=C/C(=O)[C@@H]1O[C@H](COCc2ccccc2)[C@@H](OCc2ccccc2)[C@@H]1OCc1ccccc1. The molecule has 6 nitrogen and oxygen atoms in total. The van der Waals surface area contributed by atoms with Crippen molar-refractivity contribution in [2.45, 2.75) is 44.2 Å². The van der Waals surface area contributed by atoms with Gasteiger partial charge in [-0.1, -0.05) is 91.0 Å². The van der Waals surface area contributed by atoms with E-state index in [1.54, 1.807) is 0 Å². The molecule has 0 N–H and O–H groups in total. The highest BCUT2D eigenvalue weighted by molar-refractivity contribution is 5.96. The standard InChI is InChI=1S/C30H30O6/c31-18-10-17-26(32)28-30(35-21-25-15-8-3-9-16-25)29(34-20-24-13-6-2-7-14-24)27(36-28)22-33-19-23-11-4-1-5-12-23/h1-18,27-30H,19-22H2/b17-10+/t27-,28+,29-,30-/m1/s1. The average Bonchev–Trinajstić information content (AvgIpc) is 3.28. The minimum atomic E-state index is -0.920. The summed E-state index contributed by atoms with van der Waals surface area (Å²) in [6, 6.07) is 29.4. The lowest BCUT2D eigenvalue weighted by atomic mass is 10.0. The van der Waals surface area contributed by atoms with Gasteiger partial charge in [0.2, 0.25) is 0 Å². The van der Waals surface area contributed by atoms with Gasteiger partial charge < -0.3 is 18.9 Å². The normalized spacial score (nSPS) is 21.6. The van der Waals surface area contributed by atoms with Crippen molar-refractivity contribution in [1.29, 1.82) is 0 Å². The van der Waals surface area contributed by atoms with Crippen molar-refractivity contribution in [2.75, 3.05) is 6.61 Å². The molecule has 0 aromatic heterocycles. The Hall–Kier alpha value is -3.42. The zero-order valence-electron chi connectivity index (χ0n) is 20.0. The Morgan fingerprint density at radius 1 is 0.722 bits per heavy atom. The molecule has 0 spiro atoms. The van der Waals surface area contributed by atoms with Crippen molar-refractivity contribution in [2.24, 2.45) is 0 Å². The van der Waals surface area contributed by atoms with Crippen LogP contribution in [0.5, 0.6) is 0 Å². The molecule has 1 aliphatic heterocycles. The van der Waals surface area contributed by atoms with E-state index < -0.39 is 24.4 Å². The van der Waals surface area contributed by atoms with Gasteiger partial charge in [0.1, 0.15) is 30.7 Å². The first-order valence-corrected chi connectivity index (χ1v) is 12.0. The maximum atomic E-state index is 12.9. The first kappa shape index (κ1) is 25.7. The van der Waals surface area contributed by atoms with Crippen LogP contribution in [0.2, 0.25) is 0 Å². The predicted octanol–water partition coefficient (Wildman–Crippen LogP) is 4.47. The molecule has 1 fully saturated rings. The highest BCUT2D eigenvalue weighted by Gasteiger charge is 2.49. The topological polar surface area (TPSA) is 71.1 Å². The largest absolute Gasteiger partial charge is 0.374 e. The highest BCUT2D eigenvalue weighted by Crippen LogP contribution is 2.30. The maximum absolute atomic E-state index is 12.9. The van der Waals surface area contributed by atoms with Gasteiger partial charge in [-0.05, 0) is 28.8 Å². The van der Waals surface area contributed by atoms with Crippen molar-refractivity contribution < 1.29 is 28.5 Å². The molecule has 3 aromatic carbocycles. The number of hydrogen-bond acceptors (Lipinski definition) is 6. The fourth-order valence-corrected chi connectivity index (χ4v) is 4.10. The molecule has 0 unspecified atom stereocenters. The molecule has 186 valence electrons. The van der Waals surface area contributed by atoms with Crippen LogP contribution >= 0.6 is 0 Å². The van der Waals surface area contributed by atoms with Crippen LogP contribution in [-0.4, -0.2) is 43.1 Å². The fourth-order valence-electron chi connectivity index (χ4n) is 4.10. The summed E-state index contributed by atoms with van der Waals surface area (Å²) in [4.78, 5) is 23.8. The Balaban J connectivity index is 1.52. The summed E-state index contributed by atoms with van der Waals surface area (Å²) in [5.41, 5.74) is 3.01. The van der Waals surface area contributed by atoms with E-state index >= 15 is 0 Å². The van der Waals surface area contributed by atoms with Gasteiger partial charge in [0.25, 0.3) is 0 Å². The number of rotatable bonds is 13. The zero-order valence-corrected chi connectivity index (χ0v) is 20.0. The molecule has 6 heteroatoms. The van der Waals surface area contributed by atoms with Crippen LogP contribution in [0.15, 0.2) is 103 Å². The quantitative estimate of drug-likeness (QED) is 0.262. The lowest BCUT2D eigenvalue weighted by Gasteiger charge is -2.24. The van der Waals surface area contributed by atoms with Crippen LogP contribution in [0.4, 0.5) is 0 Å². The van der Waals surface area contributed by atoms with Gasteiger partial charge in [0.05, 0.1) is 26.4 Å². The van der Waals surface area contributed by atoms with Crippen molar-refractivity contribution in [1.82, 2.24) is 0 Å². The third kappa shape index (κ3) is 7.29. The van der Waals surface area contributed by atoms with Gasteiger partial charge in [0.15, 0.2) is 5.78 Å². The first-order chi connectivity index (χ1) is 17.7.